The predicted octanol–water partition coefficient (Wildman–Crippen LogP) is 6.68. The molecule has 1 aromatic carbocycles. The van der Waals surface area contributed by atoms with Crippen molar-refractivity contribution < 1.29 is 19.0 Å². The van der Waals surface area contributed by atoms with Crippen molar-refractivity contribution in [1.82, 2.24) is 14.8 Å². The van der Waals surface area contributed by atoms with Crippen LogP contribution in [-0.2, 0) is 44.0 Å². The Morgan fingerprint density at radius 1 is 1.02 bits per heavy atom. The minimum atomic E-state index is -1.13. The van der Waals surface area contributed by atoms with E-state index in [0.717, 1.165) is 80.2 Å². The smallest absolute Gasteiger partial charge is 0.237 e. The minimum Gasteiger partial charge on any atom is -0.382 e. The van der Waals surface area contributed by atoms with Crippen LogP contribution >= 0.6 is 0 Å². The molecule has 5 rings (SSSR count). The Morgan fingerprint density at radius 2 is 1.81 bits per heavy atom. The molecule has 0 fully saturated rings. The second-order valence-electron chi connectivity index (χ2n) is 13.3. The number of nitrogens with one attached hydrogen (secondary N) is 1. The van der Waals surface area contributed by atoms with E-state index >= 15 is 0 Å². The summed E-state index contributed by atoms with van der Waals surface area (Å²) < 4.78 is 18.9. The number of carbonyl (C=O) groups excluding carboxylic acids is 1. The molecule has 1 N–H and O–H groups in total. The molecular formula is C33H50N4O4Si. The number of rotatable bonds is 15. The number of fused-ring (bicyclic) bond motifs is 6. The van der Waals surface area contributed by atoms with E-state index in [9.17, 15) is 4.79 Å². The van der Waals surface area contributed by atoms with Crippen molar-refractivity contribution in [2.24, 2.45) is 0 Å². The van der Waals surface area contributed by atoms with Crippen molar-refractivity contribution in [3.05, 3.63) is 35.0 Å². The van der Waals surface area contributed by atoms with Gasteiger partial charge in [-0.15, -0.1) is 0 Å². The molecule has 9 heteroatoms. The number of nitrogens with zero attached hydrogens (tertiary/aromatic N) is 3. The third kappa shape index (κ3) is 6.11. The zero-order chi connectivity index (χ0) is 29.9. The van der Waals surface area contributed by atoms with Gasteiger partial charge in [-0.2, -0.15) is 5.10 Å². The molecule has 1 aliphatic heterocycles. The topological polar surface area (TPSA) is 81.6 Å². The van der Waals surface area contributed by atoms with Gasteiger partial charge in [0, 0.05) is 51.1 Å². The lowest BCUT2D eigenvalue weighted by Gasteiger charge is -2.28. The molecule has 2 aromatic heterocycles. The van der Waals surface area contributed by atoms with Crippen LogP contribution in [0.4, 0.5) is 5.69 Å². The first-order valence-electron chi connectivity index (χ1n) is 15.9. The Bertz CT molecular complexity index is 1380. The van der Waals surface area contributed by atoms with Crippen molar-refractivity contribution in [1.29, 1.82) is 0 Å². The van der Waals surface area contributed by atoms with Gasteiger partial charge in [0.2, 0.25) is 5.91 Å². The summed E-state index contributed by atoms with van der Waals surface area (Å²) in [4.78, 5) is 20.0. The van der Waals surface area contributed by atoms with Gasteiger partial charge in [0.1, 0.15) is 12.4 Å². The molecule has 0 unspecified atom stereocenters. The number of hydrogen-bond acceptors (Lipinski definition) is 5. The second-order valence-corrected chi connectivity index (χ2v) is 18.9. The first-order chi connectivity index (χ1) is 20.2. The number of carbonyl (C=O) groups is 1. The average Bonchev–Trinajstić information content (AvgIpc) is 3.54. The normalized spacial score (nSPS) is 16.1. The molecule has 42 heavy (non-hydrogen) atoms. The van der Waals surface area contributed by atoms with Crippen LogP contribution in [0.5, 0.6) is 0 Å². The Hall–Kier alpha value is -2.46. The zero-order valence-electron chi connectivity index (χ0n) is 26.6. The number of aryl methyl sites for hydroxylation is 2. The molecule has 1 amide bonds. The monoisotopic (exact) mass is 594 g/mol. The van der Waals surface area contributed by atoms with Crippen LogP contribution in [0.1, 0.15) is 62.6 Å². The first kappa shape index (κ1) is 31.0. The number of methoxy groups -OCH3 is 1. The molecule has 0 saturated heterocycles. The number of ether oxygens (including phenoxy) is 3. The highest BCUT2D eigenvalue weighted by Gasteiger charge is 2.49. The van der Waals surface area contributed by atoms with Crippen molar-refractivity contribution in [2.45, 2.75) is 96.6 Å². The van der Waals surface area contributed by atoms with E-state index in [1.807, 2.05) is 9.58 Å². The summed E-state index contributed by atoms with van der Waals surface area (Å²) in [6.45, 7) is 14.9. The van der Waals surface area contributed by atoms with E-state index in [1.165, 1.54) is 22.1 Å². The van der Waals surface area contributed by atoms with Crippen LogP contribution in [0, 0.1) is 0 Å². The molecule has 0 atom stereocenters. The van der Waals surface area contributed by atoms with Crippen molar-refractivity contribution in [2.75, 3.05) is 45.0 Å². The van der Waals surface area contributed by atoms with E-state index in [4.69, 9.17) is 19.3 Å². The summed E-state index contributed by atoms with van der Waals surface area (Å²) in [5.41, 5.74) is 7.59. The van der Waals surface area contributed by atoms with Crippen molar-refractivity contribution in [3.63, 3.8) is 0 Å². The van der Waals surface area contributed by atoms with Gasteiger partial charge in [-0.3, -0.25) is 4.79 Å². The number of hydrogen-bond donors (Lipinski definition) is 1. The van der Waals surface area contributed by atoms with Gasteiger partial charge in [0.05, 0.1) is 30.9 Å². The molecule has 3 heterocycles. The van der Waals surface area contributed by atoms with Gasteiger partial charge in [-0.25, -0.2) is 4.68 Å². The first-order valence-corrected chi connectivity index (χ1v) is 19.6. The second kappa shape index (κ2) is 13.0. The van der Waals surface area contributed by atoms with Gasteiger partial charge in [0.15, 0.2) is 0 Å². The number of benzene rings is 1. The third-order valence-electron chi connectivity index (χ3n) is 8.90. The quantitative estimate of drug-likeness (QED) is 0.157. The number of amides is 1. The fraction of sp³-hybridized carbons (Fsp3) is 0.636. The summed E-state index contributed by atoms with van der Waals surface area (Å²) in [5, 5.41) is 6.23. The largest absolute Gasteiger partial charge is 0.382 e. The lowest BCUT2D eigenvalue weighted by atomic mass is 9.74. The average molecular weight is 595 g/mol. The maximum absolute atomic E-state index is 14.2. The molecule has 0 radical (unpaired) electrons. The summed E-state index contributed by atoms with van der Waals surface area (Å²) in [6, 6.07) is 5.72. The molecule has 3 aromatic rings. The van der Waals surface area contributed by atoms with Gasteiger partial charge in [-0.1, -0.05) is 46.3 Å². The van der Waals surface area contributed by atoms with Crippen molar-refractivity contribution in [3.8, 4) is 11.4 Å². The third-order valence-corrected chi connectivity index (χ3v) is 10.6. The highest BCUT2D eigenvalue weighted by atomic mass is 28.3. The summed E-state index contributed by atoms with van der Waals surface area (Å²) in [6.07, 6.45) is 8.85. The van der Waals surface area contributed by atoms with Gasteiger partial charge in [0.25, 0.3) is 0 Å². The Morgan fingerprint density at radius 3 is 2.52 bits per heavy atom. The summed E-state index contributed by atoms with van der Waals surface area (Å²) >= 11 is 0. The Balaban J connectivity index is 1.50. The van der Waals surface area contributed by atoms with E-state index in [2.05, 4.69) is 56.8 Å². The van der Waals surface area contributed by atoms with Crippen molar-refractivity contribution >= 4 is 30.6 Å². The highest BCUT2D eigenvalue weighted by molar-refractivity contribution is 6.76. The molecule has 2 aliphatic rings. The summed E-state index contributed by atoms with van der Waals surface area (Å²) in [7, 11) is 0.550. The summed E-state index contributed by atoms with van der Waals surface area (Å²) in [5.74, 6) is 0.227. The van der Waals surface area contributed by atoms with E-state index < -0.39 is 13.5 Å². The van der Waals surface area contributed by atoms with Gasteiger partial charge >= 0.3 is 0 Å². The Labute approximate surface area is 252 Å². The number of aromatic nitrogens is 3. The molecule has 0 spiro atoms. The fourth-order valence-electron chi connectivity index (χ4n) is 6.84. The van der Waals surface area contributed by atoms with Crippen LogP contribution in [0.2, 0.25) is 25.7 Å². The van der Waals surface area contributed by atoms with Crippen LogP contribution in [0.25, 0.3) is 22.3 Å². The SMILES string of the molecule is CCCC1(CCC)C(=O)N(CCOCCOC)c2cc3c4c([nH]c3cc21)-c1nn(COCC[Si](C)(C)C)cc1CCC4. The lowest BCUT2D eigenvalue weighted by Crippen LogP contribution is -2.41. The molecule has 230 valence electrons. The van der Waals surface area contributed by atoms with E-state index in [-0.39, 0.29) is 5.91 Å². The van der Waals surface area contributed by atoms with Gasteiger partial charge < -0.3 is 24.1 Å². The minimum absolute atomic E-state index is 0.227. The lowest BCUT2D eigenvalue weighted by molar-refractivity contribution is -0.124. The fourth-order valence-corrected chi connectivity index (χ4v) is 7.59. The van der Waals surface area contributed by atoms with Crippen LogP contribution in [-0.4, -0.2) is 68.8 Å². The van der Waals surface area contributed by atoms with Crippen LogP contribution in [0.15, 0.2) is 18.3 Å². The standard InChI is InChI=1S/C33H50N4O4Si/c1-7-12-33(13-8-2)27-21-28-26(20-29(27)37(32(33)38)14-15-40-17-16-39-3)25-11-9-10-24-22-36(35-30(24)31(25)34-28)23-41-18-19-42(4,5)6/h20-22,34H,7-19,23H2,1-6H3. The molecule has 0 saturated carbocycles. The van der Waals surface area contributed by atoms with Crippen LogP contribution < -0.4 is 4.90 Å². The number of anilines is 1. The Kier molecular flexibility index (Phi) is 9.62. The van der Waals surface area contributed by atoms with E-state index in [1.54, 1.807) is 7.11 Å². The molecule has 8 nitrogen and oxygen atoms in total. The predicted molar refractivity (Wildman–Crippen MR) is 172 cm³/mol. The number of H-pyrrole nitrogens is 1. The van der Waals surface area contributed by atoms with Gasteiger partial charge in [-0.05, 0) is 67.0 Å². The molecule has 1 aliphatic carbocycles. The molecular weight excluding hydrogens is 544 g/mol. The highest BCUT2D eigenvalue weighted by Crippen LogP contribution is 2.50. The molecule has 0 bridgehead atoms. The zero-order valence-corrected chi connectivity index (χ0v) is 27.6. The number of aromatic amines is 1. The van der Waals surface area contributed by atoms with Crippen LogP contribution in [0.3, 0.4) is 0 Å². The van der Waals surface area contributed by atoms with E-state index in [0.29, 0.717) is 33.1 Å². The maximum Gasteiger partial charge on any atom is 0.237 e. The maximum atomic E-state index is 14.2.